The highest BCUT2D eigenvalue weighted by molar-refractivity contribution is 5.94. The number of halogens is 1. The van der Waals surface area contributed by atoms with Gasteiger partial charge in [0.05, 0.1) is 5.56 Å². The number of nitrogens with one attached hydrogen (secondary N) is 1. The molecule has 3 nitrogen and oxygen atoms in total. The smallest absolute Gasteiger partial charge is 0.254 e. The molecule has 0 aromatic heterocycles. The van der Waals surface area contributed by atoms with Crippen molar-refractivity contribution in [2.24, 2.45) is 0 Å². The van der Waals surface area contributed by atoms with Crippen LogP contribution in [0.25, 0.3) is 0 Å². The van der Waals surface area contributed by atoms with Gasteiger partial charge in [0.15, 0.2) is 0 Å². The second-order valence-electron chi connectivity index (χ2n) is 8.70. The van der Waals surface area contributed by atoms with E-state index in [1.165, 1.54) is 12.1 Å². The van der Waals surface area contributed by atoms with E-state index in [1.807, 2.05) is 53.7 Å². The summed E-state index contributed by atoms with van der Waals surface area (Å²) in [6.45, 7) is 12.5. The van der Waals surface area contributed by atoms with Crippen LogP contribution in [-0.4, -0.2) is 11.0 Å². The van der Waals surface area contributed by atoms with Gasteiger partial charge >= 0.3 is 0 Å². The third kappa shape index (κ3) is 4.43. The van der Waals surface area contributed by atoms with Crippen LogP contribution in [-0.2, 0) is 17.4 Å². The number of benzene rings is 2. The molecule has 0 spiro atoms. The van der Waals surface area contributed by atoms with Crippen LogP contribution in [0.15, 0.2) is 36.4 Å². The highest BCUT2D eigenvalue weighted by Crippen LogP contribution is 2.39. The molecule has 4 heteroatoms. The van der Waals surface area contributed by atoms with Crippen LogP contribution in [0.2, 0.25) is 0 Å². The van der Waals surface area contributed by atoms with Gasteiger partial charge in [0.25, 0.3) is 5.91 Å². The second-order valence-corrected chi connectivity index (χ2v) is 8.70. The van der Waals surface area contributed by atoms with E-state index in [2.05, 4.69) is 5.32 Å². The average Bonchev–Trinajstić information content (AvgIpc) is 2.51. The van der Waals surface area contributed by atoms with Crippen molar-refractivity contribution in [1.29, 1.82) is 0 Å². The first-order valence-corrected chi connectivity index (χ1v) is 8.81. The SMILES string of the molecule is CC(C)(C)c1cc(CNC(=O)c2ccccc2F)cc(C(C)(C)C)c1O. The van der Waals surface area contributed by atoms with Gasteiger partial charge < -0.3 is 10.4 Å². The molecule has 0 radical (unpaired) electrons. The van der Waals surface area contributed by atoms with E-state index in [1.54, 1.807) is 12.1 Å². The largest absolute Gasteiger partial charge is 0.507 e. The fourth-order valence-corrected chi connectivity index (χ4v) is 2.86. The maximum atomic E-state index is 13.8. The van der Waals surface area contributed by atoms with Crippen molar-refractivity contribution in [3.8, 4) is 5.75 Å². The summed E-state index contributed by atoms with van der Waals surface area (Å²) in [5.41, 5.74) is 2.09. The van der Waals surface area contributed by atoms with Gasteiger partial charge in [0.1, 0.15) is 11.6 Å². The van der Waals surface area contributed by atoms with E-state index in [4.69, 9.17) is 0 Å². The predicted molar refractivity (Wildman–Crippen MR) is 103 cm³/mol. The molecule has 0 fully saturated rings. The summed E-state index contributed by atoms with van der Waals surface area (Å²) in [6, 6.07) is 9.73. The number of hydrogen-bond donors (Lipinski definition) is 2. The second kappa shape index (κ2) is 7.10. The van der Waals surface area contributed by atoms with Gasteiger partial charge in [0.2, 0.25) is 0 Å². The van der Waals surface area contributed by atoms with Crippen molar-refractivity contribution in [2.45, 2.75) is 58.9 Å². The molecule has 1 amide bonds. The molecule has 2 N–H and O–H groups in total. The van der Waals surface area contributed by atoms with Gasteiger partial charge in [-0.05, 0) is 51.8 Å². The minimum Gasteiger partial charge on any atom is -0.507 e. The Hall–Kier alpha value is -2.36. The Kier molecular flexibility index (Phi) is 5.45. The van der Waals surface area contributed by atoms with Crippen LogP contribution in [0, 0.1) is 5.82 Å². The molecule has 0 aliphatic heterocycles. The molecule has 0 saturated carbocycles. The topological polar surface area (TPSA) is 49.3 Å². The van der Waals surface area contributed by atoms with Crippen LogP contribution in [0.4, 0.5) is 4.39 Å². The summed E-state index contributed by atoms with van der Waals surface area (Å²) in [7, 11) is 0. The quantitative estimate of drug-likeness (QED) is 0.807. The maximum absolute atomic E-state index is 13.8. The normalized spacial score (nSPS) is 12.1. The summed E-state index contributed by atoms with van der Waals surface area (Å²) in [5, 5.41) is 13.5. The number of amides is 1. The monoisotopic (exact) mass is 357 g/mol. The van der Waals surface area contributed by atoms with Crippen molar-refractivity contribution in [2.75, 3.05) is 0 Å². The Morgan fingerprint density at radius 3 is 1.96 bits per heavy atom. The van der Waals surface area contributed by atoms with E-state index in [9.17, 15) is 14.3 Å². The lowest BCUT2D eigenvalue weighted by Crippen LogP contribution is -2.25. The molecule has 0 aliphatic rings. The van der Waals surface area contributed by atoms with E-state index < -0.39 is 11.7 Å². The first kappa shape index (κ1) is 20.0. The highest BCUT2D eigenvalue weighted by atomic mass is 19.1. The third-order valence-corrected chi connectivity index (χ3v) is 4.36. The molecule has 0 bridgehead atoms. The first-order chi connectivity index (χ1) is 11.9. The molecule has 2 rings (SSSR count). The van der Waals surface area contributed by atoms with E-state index in [0.29, 0.717) is 5.75 Å². The van der Waals surface area contributed by atoms with E-state index in [-0.39, 0.29) is 22.9 Å². The van der Waals surface area contributed by atoms with Gasteiger partial charge in [-0.25, -0.2) is 4.39 Å². The predicted octanol–water partition coefficient (Wildman–Crippen LogP) is 5.06. The number of phenolic OH excluding ortho intramolecular Hbond substituents is 1. The minimum atomic E-state index is -0.540. The summed E-state index contributed by atoms with van der Waals surface area (Å²) >= 11 is 0. The van der Waals surface area contributed by atoms with Gasteiger partial charge in [0, 0.05) is 6.54 Å². The molecule has 0 aliphatic carbocycles. The van der Waals surface area contributed by atoms with Gasteiger partial charge in [-0.2, -0.15) is 0 Å². The summed E-state index contributed by atoms with van der Waals surface area (Å²) in [6.07, 6.45) is 0. The third-order valence-electron chi connectivity index (χ3n) is 4.36. The Morgan fingerprint density at radius 1 is 1.00 bits per heavy atom. The van der Waals surface area contributed by atoms with Crippen LogP contribution < -0.4 is 5.32 Å². The Bertz CT molecular complexity index is 779. The molecule has 2 aromatic carbocycles. The lowest BCUT2D eigenvalue weighted by molar-refractivity contribution is 0.0947. The Labute approximate surface area is 155 Å². The zero-order valence-electron chi connectivity index (χ0n) is 16.4. The van der Waals surface area contributed by atoms with Crippen LogP contribution >= 0.6 is 0 Å². The standard InChI is InChI=1S/C22H28FNO2/c1-21(2,3)16-11-14(12-17(19(16)25)22(4,5)6)13-24-20(26)15-9-7-8-10-18(15)23/h7-12,25H,13H2,1-6H3,(H,24,26). The maximum Gasteiger partial charge on any atom is 0.254 e. The van der Waals surface area contributed by atoms with Crippen molar-refractivity contribution >= 4 is 5.91 Å². The molecular weight excluding hydrogens is 329 g/mol. The number of aromatic hydroxyl groups is 1. The van der Waals surface area contributed by atoms with Gasteiger partial charge in [-0.1, -0.05) is 53.7 Å². The lowest BCUT2D eigenvalue weighted by atomic mass is 9.78. The molecule has 0 saturated heterocycles. The minimum absolute atomic E-state index is 0.0263. The van der Waals surface area contributed by atoms with E-state index in [0.717, 1.165) is 16.7 Å². The van der Waals surface area contributed by atoms with Crippen molar-refractivity contribution in [3.05, 3.63) is 64.5 Å². The fraction of sp³-hybridized carbons (Fsp3) is 0.409. The molecule has 2 aromatic rings. The highest BCUT2D eigenvalue weighted by Gasteiger charge is 2.26. The fourth-order valence-electron chi connectivity index (χ4n) is 2.86. The number of hydrogen-bond acceptors (Lipinski definition) is 2. The Morgan fingerprint density at radius 2 is 1.50 bits per heavy atom. The lowest BCUT2D eigenvalue weighted by Gasteiger charge is -2.28. The average molecular weight is 357 g/mol. The van der Waals surface area contributed by atoms with Gasteiger partial charge in [-0.15, -0.1) is 0 Å². The number of rotatable bonds is 3. The molecule has 0 heterocycles. The summed E-state index contributed by atoms with van der Waals surface area (Å²) in [4.78, 5) is 12.3. The number of phenols is 1. The molecule has 0 atom stereocenters. The molecule has 0 unspecified atom stereocenters. The summed E-state index contributed by atoms with van der Waals surface area (Å²) < 4.78 is 13.8. The van der Waals surface area contributed by atoms with Crippen molar-refractivity contribution in [3.63, 3.8) is 0 Å². The van der Waals surface area contributed by atoms with Crippen LogP contribution in [0.1, 0.15) is 68.6 Å². The van der Waals surface area contributed by atoms with Crippen LogP contribution in [0.3, 0.4) is 0 Å². The van der Waals surface area contributed by atoms with Gasteiger partial charge in [-0.3, -0.25) is 4.79 Å². The van der Waals surface area contributed by atoms with Crippen molar-refractivity contribution in [1.82, 2.24) is 5.32 Å². The molecular formula is C22H28FNO2. The van der Waals surface area contributed by atoms with Crippen molar-refractivity contribution < 1.29 is 14.3 Å². The number of carbonyl (C=O) groups is 1. The Balaban J connectivity index is 2.35. The number of carbonyl (C=O) groups excluding carboxylic acids is 1. The van der Waals surface area contributed by atoms with Crippen LogP contribution in [0.5, 0.6) is 5.75 Å². The molecule has 140 valence electrons. The van der Waals surface area contributed by atoms with E-state index >= 15 is 0 Å². The zero-order valence-corrected chi connectivity index (χ0v) is 16.4. The first-order valence-electron chi connectivity index (χ1n) is 8.81. The molecule has 26 heavy (non-hydrogen) atoms. The summed E-state index contributed by atoms with van der Waals surface area (Å²) in [5.74, 6) is -0.693. The zero-order chi connectivity index (χ0) is 19.7.